The standard InChI is InChI=1S/C23H28N2O2/c1-18-7-6-10-20(13-18)14-23(27)25-12-11-21(17-25)15-22(26)24(2)16-19-8-4-3-5-9-19/h3-10,13,21H,11-12,14-17H2,1-2H3. The summed E-state index contributed by atoms with van der Waals surface area (Å²) in [5.41, 5.74) is 3.36. The van der Waals surface area contributed by atoms with E-state index in [1.54, 1.807) is 4.90 Å². The summed E-state index contributed by atoms with van der Waals surface area (Å²) in [6, 6.07) is 18.1. The van der Waals surface area contributed by atoms with Gasteiger partial charge in [0.15, 0.2) is 0 Å². The van der Waals surface area contributed by atoms with E-state index in [0.29, 0.717) is 25.9 Å². The lowest BCUT2D eigenvalue weighted by Crippen LogP contribution is -2.32. The van der Waals surface area contributed by atoms with Gasteiger partial charge in [-0.2, -0.15) is 0 Å². The molecule has 4 heteroatoms. The van der Waals surface area contributed by atoms with Crippen molar-refractivity contribution < 1.29 is 9.59 Å². The molecule has 1 heterocycles. The molecule has 2 aromatic rings. The van der Waals surface area contributed by atoms with Crippen molar-refractivity contribution in [2.45, 2.75) is 32.7 Å². The van der Waals surface area contributed by atoms with Crippen LogP contribution in [0.5, 0.6) is 0 Å². The van der Waals surface area contributed by atoms with E-state index in [9.17, 15) is 9.59 Å². The number of nitrogens with zero attached hydrogens (tertiary/aromatic N) is 2. The summed E-state index contributed by atoms with van der Waals surface area (Å²) in [7, 11) is 1.85. The molecule has 0 bridgehead atoms. The first-order chi connectivity index (χ1) is 13.0. The highest BCUT2D eigenvalue weighted by molar-refractivity contribution is 5.79. The molecule has 0 aromatic heterocycles. The molecule has 1 fully saturated rings. The maximum absolute atomic E-state index is 12.6. The Labute approximate surface area is 161 Å². The molecule has 0 aliphatic carbocycles. The fourth-order valence-corrected chi connectivity index (χ4v) is 3.68. The topological polar surface area (TPSA) is 40.6 Å². The van der Waals surface area contributed by atoms with Crippen molar-refractivity contribution >= 4 is 11.8 Å². The quantitative estimate of drug-likeness (QED) is 0.788. The number of rotatable bonds is 6. The van der Waals surface area contributed by atoms with Gasteiger partial charge in [0.25, 0.3) is 0 Å². The number of benzene rings is 2. The number of aryl methyl sites for hydroxylation is 1. The van der Waals surface area contributed by atoms with Crippen LogP contribution in [0.2, 0.25) is 0 Å². The van der Waals surface area contributed by atoms with Gasteiger partial charge in [-0.25, -0.2) is 0 Å². The lowest BCUT2D eigenvalue weighted by atomic mass is 10.0. The average Bonchev–Trinajstić information content (AvgIpc) is 3.11. The molecular formula is C23H28N2O2. The monoisotopic (exact) mass is 364 g/mol. The van der Waals surface area contributed by atoms with Crippen LogP contribution in [0.4, 0.5) is 0 Å². The Morgan fingerprint density at radius 2 is 1.81 bits per heavy atom. The molecule has 1 atom stereocenters. The summed E-state index contributed by atoms with van der Waals surface area (Å²) in [5.74, 6) is 0.571. The maximum atomic E-state index is 12.6. The van der Waals surface area contributed by atoms with Crippen molar-refractivity contribution in [3.8, 4) is 0 Å². The number of carbonyl (C=O) groups is 2. The van der Waals surface area contributed by atoms with Crippen LogP contribution in [0.3, 0.4) is 0 Å². The first kappa shape index (κ1) is 19.2. The van der Waals surface area contributed by atoms with E-state index in [4.69, 9.17) is 0 Å². The predicted octanol–water partition coefficient (Wildman–Crippen LogP) is 3.43. The van der Waals surface area contributed by atoms with Gasteiger partial charge in [-0.3, -0.25) is 9.59 Å². The van der Waals surface area contributed by atoms with Gasteiger partial charge >= 0.3 is 0 Å². The molecule has 0 radical (unpaired) electrons. The Morgan fingerprint density at radius 3 is 2.56 bits per heavy atom. The summed E-state index contributed by atoms with van der Waals surface area (Å²) in [5, 5.41) is 0. The second kappa shape index (κ2) is 8.85. The van der Waals surface area contributed by atoms with Gasteiger partial charge in [0.05, 0.1) is 6.42 Å². The Bertz CT molecular complexity index is 788. The molecule has 2 amide bonds. The van der Waals surface area contributed by atoms with Gasteiger partial charge in [0, 0.05) is 33.1 Å². The van der Waals surface area contributed by atoms with Crippen LogP contribution in [0.25, 0.3) is 0 Å². The molecule has 1 unspecified atom stereocenters. The SMILES string of the molecule is Cc1cccc(CC(=O)N2CCC(CC(=O)N(C)Cc3ccccc3)C2)c1. The van der Waals surface area contributed by atoms with Crippen LogP contribution in [-0.4, -0.2) is 41.8 Å². The third-order valence-electron chi connectivity index (χ3n) is 5.23. The average molecular weight is 364 g/mol. The first-order valence-electron chi connectivity index (χ1n) is 9.62. The largest absolute Gasteiger partial charge is 0.342 e. The molecule has 27 heavy (non-hydrogen) atoms. The van der Waals surface area contributed by atoms with Crippen LogP contribution in [0.1, 0.15) is 29.5 Å². The Hall–Kier alpha value is -2.62. The van der Waals surface area contributed by atoms with E-state index in [1.807, 2.05) is 67.4 Å². The number of likely N-dealkylation sites (tertiary alicyclic amines) is 1. The molecule has 1 aliphatic heterocycles. The molecule has 3 rings (SSSR count). The Kier molecular flexibility index (Phi) is 6.28. The van der Waals surface area contributed by atoms with Crippen LogP contribution < -0.4 is 0 Å². The van der Waals surface area contributed by atoms with Crippen molar-refractivity contribution in [2.24, 2.45) is 5.92 Å². The summed E-state index contributed by atoms with van der Waals surface area (Å²) in [6.07, 6.45) is 1.86. The molecule has 0 N–H and O–H groups in total. The zero-order chi connectivity index (χ0) is 19.2. The fourth-order valence-electron chi connectivity index (χ4n) is 3.68. The van der Waals surface area contributed by atoms with E-state index in [0.717, 1.165) is 24.1 Å². The zero-order valence-electron chi connectivity index (χ0n) is 16.2. The summed E-state index contributed by atoms with van der Waals surface area (Å²) < 4.78 is 0. The Morgan fingerprint density at radius 1 is 1.07 bits per heavy atom. The molecule has 0 spiro atoms. The molecule has 0 saturated carbocycles. The van der Waals surface area contributed by atoms with Crippen molar-refractivity contribution in [3.05, 3.63) is 71.3 Å². The zero-order valence-corrected chi connectivity index (χ0v) is 16.2. The molecule has 142 valence electrons. The molecule has 1 saturated heterocycles. The van der Waals surface area contributed by atoms with Crippen LogP contribution in [0.15, 0.2) is 54.6 Å². The van der Waals surface area contributed by atoms with E-state index in [1.165, 1.54) is 5.56 Å². The van der Waals surface area contributed by atoms with Crippen molar-refractivity contribution in [1.82, 2.24) is 9.80 Å². The highest BCUT2D eigenvalue weighted by atomic mass is 16.2. The summed E-state index contributed by atoms with van der Waals surface area (Å²) in [4.78, 5) is 28.8. The van der Waals surface area contributed by atoms with Crippen LogP contribution in [-0.2, 0) is 22.6 Å². The van der Waals surface area contributed by atoms with E-state index >= 15 is 0 Å². The number of amides is 2. The van der Waals surface area contributed by atoms with Gasteiger partial charge in [0.2, 0.25) is 11.8 Å². The van der Waals surface area contributed by atoms with E-state index < -0.39 is 0 Å². The molecular weight excluding hydrogens is 336 g/mol. The number of carbonyl (C=O) groups excluding carboxylic acids is 2. The third-order valence-corrected chi connectivity index (χ3v) is 5.23. The van der Waals surface area contributed by atoms with Gasteiger partial charge < -0.3 is 9.80 Å². The highest BCUT2D eigenvalue weighted by Gasteiger charge is 2.28. The van der Waals surface area contributed by atoms with Crippen molar-refractivity contribution in [2.75, 3.05) is 20.1 Å². The van der Waals surface area contributed by atoms with Crippen molar-refractivity contribution in [1.29, 1.82) is 0 Å². The fraction of sp³-hybridized carbons (Fsp3) is 0.391. The number of hydrogen-bond acceptors (Lipinski definition) is 2. The minimum Gasteiger partial charge on any atom is -0.342 e. The van der Waals surface area contributed by atoms with Gasteiger partial charge in [-0.15, -0.1) is 0 Å². The van der Waals surface area contributed by atoms with E-state index in [2.05, 4.69) is 6.07 Å². The molecule has 1 aliphatic rings. The Balaban J connectivity index is 1.47. The lowest BCUT2D eigenvalue weighted by molar-refractivity contribution is -0.132. The second-order valence-electron chi connectivity index (χ2n) is 7.60. The lowest BCUT2D eigenvalue weighted by Gasteiger charge is -2.20. The van der Waals surface area contributed by atoms with E-state index in [-0.39, 0.29) is 17.7 Å². The first-order valence-corrected chi connectivity index (χ1v) is 9.62. The van der Waals surface area contributed by atoms with Gasteiger partial charge in [0.1, 0.15) is 0 Å². The van der Waals surface area contributed by atoms with Gasteiger partial charge in [-0.1, -0.05) is 60.2 Å². The normalized spacial score (nSPS) is 16.4. The highest BCUT2D eigenvalue weighted by Crippen LogP contribution is 2.22. The van der Waals surface area contributed by atoms with Crippen molar-refractivity contribution in [3.63, 3.8) is 0 Å². The third kappa shape index (κ3) is 5.43. The second-order valence-corrected chi connectivity index (χ2v) is 7.60. The summed E-state index contributed by atoms with van der Waals surface area (Å²) >= 11 is 0. The summed E-state index contributed by atoms with van der Waals surface area (Å²) in [6.45, 7) is 4.11. The van der Waals surface area contributed by atoms with Crippen LogP contribution in [0, 0.1) is 12.8 Å². The minimum atomic E-state index is 0.150. The minimum absolute atomic E-state index is 0.150. The molecule has 4 nitrogen and oxygen atoms in total. The smallest absolute Gasteiger partial charge is 0.226 e. The van der Waals surface area contributed by atoms with Gasteiger partial charge in [-0.05, 0) is 30.4 Å². The predicted molar refractivity (Wildman–Crippen MR) is 107 cm³/mol. The number of hydrogen-bond donors (Lipinski definition) is 0. The maximum Gasteiger partial charge on any atom is 0.226 e. The van der Waals surface area contributed by atoms with Crippen LogP contribution >= 0.6 is 0 Å². The molecule has 2 aromatic carbocycles.